The Balaban J connectivity index is 1.52. The zero-order valence-electron chi connectivity index (χ0n) is 17.0. The van der Waals surface area contributed by atoms with Crippen molar-refractivity contribution in [2.75, 3.05) is 19.8 Å². The topological polar surface area (TPSA) is 91.9 Å². The third-order valence-corrected chi connectivity index (χ3v) is 6.04. The van der Waals surface area contributed by atoms with Gasteiger partial charge in [-0.25, -0.2) is 9.98 Å². The molecule has 3 aliphatic rings. The van der Waals surface area contributed by atoms with Crippen LogP contribution in [-0.2, 0) is 15.0 Å². The van der Waals surface area contributed by atoms with Crippen molar-refractivity contribution < 1.29 is 18.6 Å². The normalized spacial score (nSPS) is 21.2. The lowest BCUT2D eigenvalue weighted by molar-refractivity contribution is 0.161. The molecule has 8 heteroatoms. The van der Waals surface area contributed by atoms with Gasteiger partial charge in [0.1, 0.15) is 12.4 Å². The molecular weight excluding hydrogens is 411 g/mol. The number of hydrogen-bond acceptors (Lipinski definition) is 7. The second-order valence-electron chi connectivity index (χ2n) is 7.90. The summed E-state index contributed by atoms with van der Waals surface area (Å²) in [4.78, 5) is 13.1. The van der Waals surface area contributed by atoms with Crippen LogP contribution in [0, 0.1) is 5.95 Å². The second-order valence-corrected chi connectivity index (χ2v) is 7.90. The molecule has 0 saturated carbocycles. The maximum Gasteiger partial charge on any atom is 0.283 e. The van der Waals surface area contributed by atoms with Crippen molar-refractivity contribution >= 4 is 11.6 Å². The Bertz CT molecular complexity index is 1290. The molecule has 6 rings (SSSR count). The Kier molecular flexibility index (Phi) is 4.22. The molecule has 2 N–H and O–H groups in total. The van der Waals surface area contributed by atoms with E-state index < -0.39 is 11.5 Å². The van der Waals surface area contributed by atoms with Crippen LogP contribution in [0.3, 0.4) is 0 Å². The molecule has 1 spiro atoms. The van der Waals surface area contributed by atoms with E-state index in [9.17, 15) is 4.39 Å². The predicted octanol–water partition coefficient (Wildman–Crippen LogP) is 3.78. The highest BCUT2D eigenvalue weighted by atomic mass is 19.1. The molecular formula is C24H19FN4O3. The fourth-order valence-electron chi connectivity index (χ4n) is 4.42. The standard InChI is InChI=1S/C24H19FN4O3/c25-22-4-2-16(11-28-22)15-1-3-20-17(9-15)24(13-31-23(26)29-24)18-10-19(27-12-21(18)32-20)14-5-7-30-8-6-14/h1-5,9-12H,6-8,13H2,(H2,26,29)/t24-/m0/s1. The Labute approximate surface area is 183 Å². The molecule has 0 bridgehead atoms. The molecule has 160 valence electrons. The summed E-state index contributed by atoms with van der Waals surface area (Å²) in [5.74, 6) is 0.745. The van der Waals surface area contributed by atoms with Crippen molar-refractivity contribution in [1.82, 2.24) is 9.97 Å². The van der Waals surface area contributed by atoms with Gasteiger partial charge >= 0.3 is 0 Å². The van der Waals surface area contributed by atoms with Crippen molar-refractivity contribution in [2.45, 2.75) is 12.0 Å². The van der Waals surface area contributed by atoms with Gasteiger partial charge in [-0.1, -0.05) is 12.1 Å². The summed E-state index contributed by atoms with van der Waals surface area (Å²) >= 11 is 0. The molecule has 1 atom stereocenters. The van der Waals surface area contributed by atoms with Crippen LogP contribution in [0.5, 0.6) is 11.5 Å². The highest BCUT2D eigenvalue weighted by Gasteiger charge is 2.47. The van der Waals surface area contributed by atoms with Gasteiger partial charge in [0.25, 0.3) is 6.02 Å². The number of halogens is 1. The zero-order valence-corrected chi connectivity index (χ0v) is 17.0. The SMILES string of the molecule is NC1=N[C@@]2(CO1)c1cc(-c3ccc(F)nc3)ccc1Oc1cnc(C3=CCOCC3)cc12. The number of rotatable bonds is 2. The Morgan fingerprint density at radius 3 is 2.59 bits per heavy atom. The van der Waals surface area contributed by atoms with Crippen LogP contribution < -0.4 is 10.5 Å². The molecule has 0 unspecified atom stereocenters. The monoisotopic (exact) mass is 430 g/mol. The van der Waals surface area contributed by atoms with Crippen molar-refractivity contribution in [2.24, 2.45) is 10.7 Å². The van der Waals surface area contributed by atoms with E-state index in [1.165, 1.54) is 12.3 Å². The van der Waals surface area contributed by atoms with Gasteiger partial charge in [-0.3, -0.25) is 4.98 Å². The van der Waals surface area contributed by atoms with E-state index in [1.807, 2.05) is 30.3 Å². The van der Waals surface area contributed by atoms with Crippen LogP contribution in [0.2, 0.25) is 0 Å². The molecule has 5 heterocycles. The molecule has 7 nitrogen and oxygen atoms in total. The zero-order chi connectivity index (χ0) is 21.7. The van der Waals surface area contributed by atoms with E-state index in [4.69, 9.17) is 24.9 Å². The Morgan fingerprint density at radius 1 is 0.969 bits per heavy atom. The van der Waals surface area contributed by atoms with E-state index in [1.54, 1.807) is 12.3 Å². The quantitative estimate of drug-likeness (QED) is 0.622. The average molecular weight is 430 g/mol. The molecule has 3 aromatic rings. The van der Waals surface area contributed by atoms with Gasteiger partial charge in [0.15, 0.2) is 11.3 Å². The molecule has 0 fully saturated rings. The first-order valence-corrected chi connectivity index (χ1v) is 10.3. The summed E-state index contributed by atoms with van der Waals surface area (Å²) in [5.41, 5.74) is 10.4. The number of nitrogens with zero attached hydrogens (tertiary/aromatic N) is 3. The third kappa shape index (κ3) is 2.95. The number of amidine groups is 1. The molecule has 2 aromatic heterocycles. The number of benzene rings is 1. The second kappa shape index (κ2) is 7.13. The first-order chi connectivity index (χ1) is 15.6. The third-order valence-electron chi connectivity index (χ3n) is 6.04. The number of aliphatic imine (C=N–C) groups is 1. The van der Waals surface area contributed by atoms with Crippen LogP contribution in [0.4, 0.5) is 4.39 Å². The van der Waals surface area contributed by atoms with Gasteiger partial charge in [-0.05, 0) is 47.9 Å². The fraction of sp³-hybridized carbons (Fsp3) is 0.208. The van der Waals surface area contributed by atoms with Crippen LogP contribution >= 0.6 is 0 Å². The maximum absolute atomic E-state index is 13.3. The minimum absolute atomic E-state index is 0.126. The van der Waals surface area contributed by atoms with Crippen LogP contribution in [-0.4, -0.2) is 35.8 Å². The van der Waals surface area contributed by atoms with E-state index >= 15 is 0 Å². The first kappa shape index (κ1) is 18.9. The molecule has 3 aliphatic heterocycles. The summed E-state index contributed by atoms with van der Waals surface area (Å²) < 4.78 is 30.6. The number of pyridine rings is 2. The Morgan fingerprint density at radius 2 is 1.84 bits per heavy atom. The lowest BCUT2D eigenvalue weighted by Gasteiger charge is -2.34. The summed E-state index contributed by atoms with van der Waals surface area (Å²) in [6, 6.07) is 10.9. The molecule has 0 amide bonds. The number of aromatic nitrogens is 2. The summed E-state index contributed by atoms with van der Waals surface area (Å²) in [5, 5.41) is 0. The highest BCUT2D eigenvalue weighted by molar-refractivity contribution is 5.78. The van der Waals surface area contributed by atoms with Crippen LogP contribution in [0.1, 0.15) is 23.2 Å². The van der Waals surface area contributed by atoms with E-state index in [0.717, 1.165) is 39.9 Å². The highest BCUT2D eigenvalue weighted by Crippen LogP contribution is 2.51. The largest absolute Gasteiger partial charge is 0.462 e. The van der Waals surface area contributed by atoms with Crippen molar-refractivity contribution in [3.05, 3.63) is 77.6 Å². The minimum Gasteiger partial charge on any atom is -0.462 e. The summed E-state index contributed by atoms with van der Waals surface area (Å²) in [6.07, 6.45) is 6.07. The summed E-state index contributed by atoms with van der Waals surface area (Å²) in [6.45, 7) is 1.49. The lowest BCUT2D eigenvalue weighted by atomic mass is 9.80. The van der Waals surface area contributed by atoms with E-state index in [2.05, 4.69) is 9.97 Å². The van der Waals surface area contributed by atoms with E-state index in [0.29, 0.717) is 24.7 Å². The van der Waals surface area contributed by atoms with Gasteiger partial charge in [-0.2, -0.15) is 4.39 Å². The Hall–Kier alpha value is -3.78. The van der Waals surface area contributed by atoms with Crippen molar-refractivity contribution in [3.63, 3.8) is 0 Å². The molecule has 0 aliphatic carbocycles. The van der Waals surface area contributed by atoms with Gasteiger partial charge in [0, 0.05) is 22.9 Å². The van der Waals surface area contributed by atoms with E-state index in [-0.39, 0.29) is 12.6 Å². The lowest BCUT2D eigenvalue weighted by Crippen LogP contribution is -2.31. The van der Waals surface area contributed by atoms with Gasteiger partial charge in [-0.15, -0.1) is 0 Å². The smallest absolute Gasteiger partial charge is 0.283 e. The first-order valence-electron chi connectivity index (χ1n) is 10.3. The van der Waals surface area contributed by atoms with Crippen molar-refractivity contribution in [3.8, 4) is 22.6 Å². The predicted molar refractivity (Wildman–Crippen MR) is 116 cm³/mol. The van der Waals surface area contributed by atoms with Crippen LogP contribution in [0.15, 0.2) is 59.9 Å². The number of ether oxygens (including phenoxy) is 3. The minimum atomic E-state index is -0.861. The maximum atomic E-state index is 13.3. The molecule has 0 radical (unpaired) electrons. The van der Waals surface area contributed by atoms with Gasteiger partial charge < -0.3 is 19.9 Å². The van der Waals surface area contributed by atoms with Crippen molar-refractivity contribution in [1.29, 1.82) is 0 Å². The average Bonchev–Trinajstić information content (AvgIpc) is 3.22. The van der Waals surface area contributed by atoms with Gasteiger partial charge in [0.2, 0.25) is 5.95 Å². The van der Waals surface area contributed by atoms with Crippen LogP contribution in [0.25, 0.3) is 16.7 Å². The van der Waals surface area contributed by atoms with Gasteiger partial charge in [0.05, 0.1) is 25.1 Å². The molecule has 1 aromatic carbocycles. The number of hydrogen-bond donors (Lipinski definition) is 1. The number of fused-ring (bicyclic) bond motifs is 4. The molecule has 0 saturated heterocycles. The summed E-state index contributed by atoms with van der Waals surface area (Å²) in [7, 11) is 0. The fourth-order valence-corrected chi connectivity index (χ4v) is 4.42. The number of nitrogens with two attached hydrogens (primary N) is 1. The molecule has 32 heavy (non-hydrogen) atoms.